The summed E-state index contributed by atoms with van der Waals surface area (Å²) in [7, 11) is 1.75. The van der Waals surface area contributed by atoms with Crippen LogP contribution in [0.3, 0.4) is 0 Å². The van der Waals surface area contributed by atoms with Crippen LogP contribution in [0, 0.1) is 11.3 Å². The van der Waals surface area contributed by atoms with E-state index in [1.54, 1.807) is 35.9 Å². The van der Waals surface area contributed by atoms with Gasteiger partial charge in [-0.2, -0.15) is 0 Å². The van der Waals surface area contributed by atoms with E-state index in [1.165, 1.54) is 0 Å². The first-order valence-corrected chi connectivity index (χ1v) is 20.2. The Morgan fingerprint density at radius 1 is 0.800 bits per heavy atom. The molecule has 2 aliphatic heterocycles. The first-order valence-electron chi connectivity index (χ1n) is 20.2. The van der Waals surface area contributed by atoms with Crippen LogP contribution in [0.2, 0.25) is 0 Å². The highest BCUT2D eigenvalue weighted by Crippen LogP contribution is 2.27. The summed E-state index contributed by atoms with van der Waals surface area (Å²) in [6.45, 7) is 19.2. The molecule has 55 heavy (non-hydrogen) atoms. The molecule has 4 rings (SSSR count). The molecule has 0 spiro atoms. The van der Waals surface area contributed by atoms with E-state index in [1.807, 2.05) is 90.1 Å². The number of hydrogen-bond acceptors (Lipinski definition) is 6. The largest absolute Gasteiger partial charge is 0.352 e. The molecule has 0 aromatic heterocycles. The van der Waals surface area contributed by atoms with Gasteiger partial charge in [-0.15, -0.1) is 0 Å². The Kier molecular flexibility index (Phi) is 15.0. The number of ketones is 1. The molecule has 0 saturated carbocycles. The highest BCUT2D eigenvalue weighted by Gasteiger charge is 2.40. The lowest BCUT2D eigenvalue weighted by molar-refractivity contribution is -0.142. The van der Waals surface area contributed by atoms with Crippen LogP contribution >= 0.6 is 0 Å². The van der Waals surface area contributed by atoms with E-state index < -0.39 is 23.5 Å². The van der Waals surface area contributed by atoms with E-state index in [0.29, 0.717) is 36.1 Å². The maximum atomic E-state index is 14.3. The molecule has 2 fully saturated rings. The Morgan fingerprint density at radius 3 is 2.00 bits per heavy atom. The van der Waals surface area contributed by atoms with E-state index in [2.05, 4.69) is 29.4 Å². The molecular weight excluding hydrogens is 691 g/mol. The molecule has 0 unspecified atom stereocenters. The van der Waals surface area contributed by atoms with Crippen LogP contribution in [0.25, 0.3) is 0 Å². The third-order valence-corrected chi connectivity index (χ3v) is 11.1. The highest BCUT2D eigenvalue weighted by molar-refractivity contribution is 6.09. The van der Waals surface area contributed by atoms with Crippen LogP contribution in [0.4, 0.5) is 0 Å². The molecular formula is C45H65N5O5. The lowest BCUT2D eigenvalue weighted by Gasteiger charge is -2.41. The number of carbonyl (C=O) groups is 5. The molecule has 0 radical (unpaired) electrons. The molecule has 2 heterocycles. The van der Waals surface area contributed by atoms with Gasteiger partial charge in [0.05, 0.1) is 12.1 Å². The van der Waals surface area contributed by atoms with Gasteiger partial charge in [-0.1, -0.05) is 102 Å². The van der Waals surface area contributed by atoms with Crippen molar-refractivity contribution in [2.45, 2.75) is 137 Å². The van der Waals surface area contributed by atoms with Crippen molar-refractivity contribution in [3.05, 3.63) is 82.9 Å². The van der Waals surface area contributed by atoms with Gasteiger partial charge in [0.2, 0.25) is 23.6 Å². The summed E-state index contributed by atoms with van der Waals surface area (Å²) in [6, 6.07) is 14.6. The predicted octanol–water partition coefficient (Wildman–Crippen LogP) is 6.18. The number of nitrogens with one attached hydrogen (secondary N) is 2. The highest BCUT2D eigenvalue weighted by atomic mass is 16.2. The summed E-state index contributed by atoms with van der Waals surface area (Å²) in [5.74, 6) is -0.777. The van der Waals surface area contributed by atoms with Gasteiger partial charge < -0.3 is 20.4 Å². The normalized spacial score (nSPS) is 19.9. The van der Waals surface area contributed by atoms with Gasteiger partial charge in [-0.3, -0.25) is 28.9 Å². The number of nitrogens with zero attached hydrogens (tertiary/aromatic N) is 3. The SMILES string of the molecule is C/C(=C\[C@H](C(C)C)N(C)C(=O)[C@@H](NC(=O)[C@H]1CCCCN1C(C)C)C(C)(C)C)C(=O)N1CCC[C@H]1C(=O)N[C@H](C)Cc1ccc(C(=O)c2ccccc2)cc1. The minimum atomic E-state index is -0.755. The van der Waals surface area contributed by atoms with Crippen LogP contribution in [-0.4, -0.2) is 100 Å². The summed E-state index contributed by atoms with van der Waals surface area (Å²) in [6.07, 6.45) is 6.52. The number of benzene rings is 2. The van der Waals surface area contributed by atoms with Crippen LogP contribution in [0.1, 0.15) is 116 Å². The topological polar surface area (TPSA) is 119 Å². The average Bonchev–Trinajstić information content (AvgIpc) is 3.65. The third-order valence-electron chi connectivity index (χ3n) is 11.1. The molecule has 10 heteroatoms. The second-order valence-corrected chi connectivity index (χ2v) is 17.3. The lowest BCUT2D eigenvalue weighted by atomic mass is 9.84. The van der Waals surface area contributed by atoms with Crippen LogP contribution < -0.4 is 10.6 Å². The first kappa shape index (κ1) is 43.4. The van der Waals surface area contributed by atoms with E-state index >= 15 is 0 Å². The maximum absolute atomic E-state index is 14.3. The van der Waals surface area contributed by atoms with Crippen molar-refractivity contribution in [3.63, 3.8) is 0 Å². The molecule has 2 aliphatic rings. The summed E-state index contributed by atoms with van der Waals surface area (Å²) < 4.78 is 0. The molecule has 10 nitrogen and oxygen atoms in total. The van der Waals surface area contributed by atoms with Gasteiger partial charge in [0.25, 0.3) is 0 Å². The molecule has 2 aromatic carbocycles. The van der Waals surface area contributed by atoms with Gasteiger partial charge in [-0.05, 0) is 83.2 Å². The van der Waals surface area contributed by atoms with E-state index in [-0.39, 0.29) is 53.5 Å². The Morgan fingerprint density at radius 2 is 1.40 bits per heavy atom. The lowest BCUT2D eigenvalue weighted by Crippen LogP contribution is -2.60. The number of rotatable bonds is 14. The smallest absolute Gasteiger partial charge is 0.249 e. The monoisotopic (exact) mass is 755 g/mol. The van der Waals surface area contributed by atoms with Crippen LogP contribution in [0.5, 0.6) is 0 Å². The average molecular weight is 756 g/mol. The summed E-state index contributed by atoms with van der Waals surface area (Å²) >= 11 is 0. The fraction of sp³-hybridized carbons (Fsp3) is 0.578. The molecule has 0 bridgehead atoms. The van der Waals surface area contributed by atoms with Gasteiger partial charge >= 0.3 is 0 Å². The van der Waals surface area contributed by atoms with E-state index in [9.17, 15) is 24.0 Å². The van der Waals surface area contributed by atoms with Gasteiger partial charge in [0.1, 0.15) is 12.1 Å². The summed E-state index contributed by atoms with van der Waals surface area (Å²) in [5.41, 5.74) is 2.17. The Labute approximate surface area is 329 Å². The zero-order chi connectivity index (χ0) is 40.6. The van der Waals surface area contributed by atoms with E-state index in [0.717, 1.165) is 37.8 Å². The number of hydrogen-bond donors (Lipinski definition) is 2. The second-order valence-electron chi connectivity index (χ2n) is 17.3. The van der Waals surface area contributed by atoms with Crippen molar-refractivity contribution >= 4 is 29.4 Å². The molecule has 4 amide bonds. The molecule has 0 aliphatic carbocycles. The first-order chi connectivity index (χ1) is 25.9. The van der Waals surface area contributed by atoms with Gasteiger partial charge in [-0.25, -0.2) is 0 Å². The summed E-state index contributed by atoms with van der Waals surface area (Å²) in [5, 5.41) is 6.26. The molecule has 2 aromatic rings. The number of piperidine rings is 1. The van der Waals surface area contributed by atoms with Gasteiger partial charge in [0.15, 0.2) is 5.78 Å². The zero-order valence-corrected chi connectivity index (χ0v) is 34.9. The zero-order valence-electron chi connectivity index (χ0n) is 34.9. The molecule has 2 N–H and O–H groups in total. The number of amides is 4. The van der Waals surface area contributed by atoms with E-state index in [4.69, 9.17) is 0 Å². The van der Waals surface area contributed by atoms with Crippen molar-refractivity contribution in [2.75, 3.05) is 20.1 Å². The van der Waals surface area contributed by atoms with Crippen molar-refractivity contribution in [1.29, 1.82) is 0 Å². The van der Waals surface area contributed by atoms with Crippen LogP contribution in [0.15, 0.2) is 66.2 Å². The predicted molar refractivity (Wildman–Crippen MR) is 218 cm³/mol. The Hall–Kier alpha value is -4.31. The fourth-order valence-corrected chi connectivity index (χ4v) is 7.97. The minimum absolute atomic E-state index is 0.0214. The van der Waals surface area contributed by atoms with Crippen LogP contribution in [-0.2, 0) is 25.6 Å². The molecule has 300 valence electrons. The number of carbonyl (C=O) groups excluding carboxylic acids is 5. The van der Waals surface area contributed by atoms with Crippen molar-refractivity contribution in [3.8, 4) is 0 Å². The number of likely N-dealkylation sites (N-methyl/N-ethyl adjacent to an activating group) is 1. The fourth-order valence-electron chi connectivity index (χ4n) is 7.97. The minimum Gasteiger partial charge on any atom is -0.352 e. The van der Waals surface area contributed by atoms with Gasteiger partial charge in [0, 0.05) is 42.4 Å². The standard InChI is InChI=1S/C45H65N5O5/c1-29(2)38(48(10)44(55)40(45(7,8)9)47-42(53)36-19-14-15-25-49(36)30(3)4)27-31(5)43(54)50-26-16-20-37(50)41(52)46-32(6)28-33-21-23-35(24-22-33)39(51)34-17-12-11-13-18-34/h11-13,17-18,21-24,27,29-30,32,36-38,40H,14-16,19-20,25-26,28H2,1-10H3,(H,46,52)(H,47,53)/b31-27+/t32-,36-,37+,38-,40-/m1/s1. The molecule has 5 atom stereocenters. The van der Waals surface area contributed by atoms with Crippen molar-refractivity contribution < 1.29 is 24.0 Å². The maximum Gasteiger partial charge on any atom is 0.249 e. The number of likely N-dealkylation sites (tertiary alicyclic amines) is 2. The summed E-state index contributed by atoms with van der Waals surface area (Å²) in [4.78, 5) is 73.9. The van der Waals surface area contributed by atoms with Crippen molar-refractivity contribution in [1.82, 2.24) is 25.3 Å². The van der Waals surface area contributed by atoms with Crippen molar-refractivity contribution in [2.24, 2.45) is 11.3 Å². The quantitative estimate of drug-likeness (QED) is 0.176. The Bertz CT molecular complexity index is 1680. The third kappa shape index (κ3) is 11.1. The second kappa shape index (κ2) is 19.0. The molecule has 2 saturated heterocycles. The Balaban J connectivity index is 1.40.